The predicted octanol–water partition coefficient (Wildman–Crippen LogP) is 5.40. The van der Waals surface area contributed by atoms with Gasteiger partial charge in [0.15, 0.2) is 11.5 Å². The smallest absolute Gasteiger partial charge is 0.295 e. The lowest BCUT2D eigenvalue weighted by Gasteiger charge is -2.25. The van der Waals surface area contributed by atoms with Crippen LogP contribution in [0.2, 0.25) is 0 Å². The van der Waals surface area contributed by atoms with Crippen LogP contribution < -0.4 is 14.2 Å². The Morgan fingerprint density at radius 1 is 0.921 bits per heavy atom. The summed E-state index contributed by atoms with van der Waals surface area (Å²) in [6.07, 6.45) is 0.481. The van der Waals surface area contributed by atoms with Crippen molar-refractivity contribution in [1.82, 2.24) is 4.90 Å². The van der Waals surface area contributed by atoms with Crippen molar-refractivity contribution < 1.29 is 28.9 Å². The number of amides is 1. The highest BCUT2D eigenvalue weighted by atomic mass is 16.5. The van der Waals surface area contributed by atoms with Crippen LogP contribution in [-0.2, 0) is 16.0 Å². The van der Waals surface area contributed by atoms with Gasteiger partial charge in [-0.2, -0.15) is 0 Å². The number of Topliss-reactive ketones (excluding diaryl/α,β-unsaturated/α-hetero) is 1. The maximum Gasteiger partial charge on any atom is 0.295 e. The summed E-state index contributed by atoms with van der Waals surface area (Å²) in [5.74, 6) is 0.543. The maximum absolute atomic E-state index is 13.3. The number of hydrogen-bond donors (Lipinski definition) is 1. The largest absolute Gasteiger partial charge is 0.507 e. The van der Waals surface area contributed by atoms with Crippen LogP contribution in [0.5, 0.6) is 17.2 Å². The van der Waals surface area contributed by atoms with Gasteiger partial charge in [0.1, 0.15) is 11.5 Å². The fourth-order valence-corrected chi connectivity index (χ4v) is 4.53. The zero-order valence-electron chi connectivity index (χ0n) is 22.1. The summed E-state index contributed by atoms with van der Waals surface area (Å²) < 4.78 is 16.5. The summed E-state index contributed by atoms with van der Waals surface area (Å²) in [5.41, 5.74) is 2.15. The van der Waals surface area contributed by atoms with E-state index >= 15 is 0 Å². The first-order valence-electron chi connectivity index (χ1n) is 12.6. The number of benzene rings is 3. The SMILES string of the molecule is COc1ccc(CCN2C(=O)C(=O)/C(=C(/O)c3cccc(OCC(C)C)c3)C2c2ccccc2)cc1OC. The molecule has 1 N–H and O–H groups in total. The molecule has 1 heterocycles. The lowest BCUT2D eigenvalue weighted by molar-refractivity contribution is -0.139. The van der Waals surface area contributed by atoms with Crippen LogP contribution in [-0.4, -0.2) is 49.1 Å². The van der Waals surface area contributed by atoms with Gasteiger partial charge in [-0.3, -0.25) is 9.59 Å². The molecule has 1 atom stereocenters. The highest BCUT2D eigenvalue weighted by molar-refractivity contribution is 6.46. The Balaban J connectivity index is 1.70. The van der Waals surface area contributed by atoms with Gasteiger partial charge in [-0.1, -0.05) is 62.4 Å². The second kappa shape index (κ2) is 11.9. The van der Waals surface area contributed by atoms with Gasteiger partial charge in [-0.25, -0.2) is 0 Å². The van der Waals surface area contributed by atoms with E-state index in [0.29, 0.717) is 41.8 Å². The Morgan fingerprint density at radius 2 is 1.66 bits per heavy atom. The zero-order valence-corrected chi connectivity index (χ0v) is 22.1. The van der Waals surface area contributed by atoms with E-state index in [1.807, 2.05) is 62.4 Å². The normalized spacial score (nSPS) is 16.7. The van der Waals surface area contributed by atoms with E-state index in [9.17, 15) is 14.7 Å². The second-order valence-corrected chi connectivity index (χ2v) is 9.58. The first-order valence-corrected chi connectivity index (χ1v) is 12.6. The molecule has 0 spiro atoms. The molecule has 1 unspecified atom stereocenters. The fourth-order valence-electron chi connectivity index (χ4n) is 4.53. The molecule has 1 aliphatic heterocycles. The van der Waals surface area contributed by atoms with Crippen LogP contribution >= 0.6 is 0 Å². The molecule has 7 nitrogen and oxygen atoms in total. The monoisotopic (exact) mass is 515 g/mol. The molecule has 198 valence electrons. The summed E-state index contributed by atoms with van der Waals surface area (Å²) >= 11 is 0. The molecule has 4 rings (SSSR count). The van der Waals surface area contributed by atoms with Crippen LogP contribution in [0.15, 0.2) is 78.4 Å². The number of likely N-dealkylation sites (tertiary alicyclic amines) is 1. The number of rotatable bonds is 10. The van der Waals surface area contributed by atoms with Crippen molar-refractivity contribution in [3.05, 3.63) is 95.1 Å². The molecule has 38 heavy (non-hydrogen) atoms. The Hall–Kier alpha value is -4.26. The van der Waals surface area contributed by atoms with Gasteiger partial charge in [-0.15, -0.1) is 0 Å². The Labute approximate surface area is 223 Å². The number of aliphatic hydroxyl groups is 1. The van der Waals surface area contributed by atoms with E-state index in [1.165, 1.54) is 4.90 Å². The number of aliphatic hydroxyl groups excluding tert-OH is 1. The second-order valence-electron chi connectivity index (χ2n) is 9.58. The third-order valence-electron chi connectivity index (χ3n) is 6.44. The summed E-state index contributed by atoms with van der Waals surface area (Å²) in [6, 6.07) is 21.1. The lowest BCUT2D eigenvalue weighted by atomic mass is 9.95. The third-order valence-corrected chi connectivity index (χ3v) is 6.44. The first kappa shape index (κ1) is 26.8. The number of carbonyl (C=O) groups excluding carboxylic acids is 2. The number of hydrogen-bond acceptors (Lipinski definition) is 6. The van der Waals surface area contributed by atoms with Crippen molar-refractivity contribution in [2.45, 2.75) is 26.3 Å². The Kier molecular flexibility index (Phi) is 8.36. The highest BCUT2D eigenvalue weighted by Crippen LogP contribution is 2.40. The molecule has 0 aromatic heterocycles. The summed E-state index contributed by atoms with van der Waals surface area (Å²) in [4.78, 5) is 28.1. The third kappa shape index (κ3) is 5.67. The molecule has 1 aliphatic rings. The molecular formula is C31H33NO6. The molecule has 0 bridgehead atoms. The van der Waals surface area contributed by atoms with E-state index in [-0.39, 0.29) is 17.9 Å². The molecule has 1 saturated heterocycles. The molecule has 0 aliphatic carbocycles. The average molecular weight is 516 g/mol. The molecular weight excluding hydrogens is 482 g/mol. The van der Waals surface area contributed by atoms with Crippen LogP contribution in [0, 0.1) is 5.92 Å². The minimum Gasteiger partial charge on any atom is -0.507 e. The van der Waals surface area contributed by atoms with Gasteiger partial charge in [0.2, 0.25) is 0 Å². The van der Waals surface area contributed by atoms with Crippen molar-refractivity contribution >= 4 is 17.4 Å². The van der Waals surface area contributed by atoms with Gasteiger partial charge in [0.25, 0.3) is 11.7 Å². The molecule has 1 amide bonds. The van der Waals surface area contributed by atoms with Gasteiger partial charge in [0, 0.05) is 12.1 Å². The van der Waals surface area contributed by atoms with Crippen LogP contribution in [0.25, 0.3) is 5.76 Å². The van der Waals surface area contributed by atoms with Gasteiger partial charge >= 0.3 is 0 Å². The quantitative estimate of drug-likeness (QED) is 0.221. The highest BCUT2D eigenvalue weighted by Gasteiger charge is 2.45. The standard InChI is InChI=1S/C31H33NO6/c1-20(2)19-38-24-12-8-11-23(18-24)29(33)27-28(22-9-6-5-7-10-22)32(31(35)30(27)34)16-15-21-13-14-25(36-3)26(17-21)37-4/h5-14,17-18,20,28,33H,15-16,19H2,1-4H3/b29-27+. The van der Waals surface area contributed by atoms with Crippen LogP contribution in [0.3, 0.4) is 0 Å². The van der Waals surface area contributed by atoms with E-state index in [0.717, 1.165) is 11.1 Å². The molecule has 1 fully saturated rings. The number of carbonyl (C=O) groups is 2. The Morgan fingerprint density at radius 3 is 2.34 bits per heavy atom. The minimum atomic E-state index is -0.725. The van der Waals surface area contributed by atoms with Crippen molar-refractivity contribution in [2.24, 2.45) is 5.92 Å². The van der Waals surface area contributed by atoms with E-state index in [2.05, 4.69) is 0 Å². The molecule has 0 saturated carbocycles. The van der Waals surface area contributed by atoms with E-state index < -0.39 is 17.7 Å². The lowest BCUT2D eigenvalue weighted by Crippen LogP contribution is -2.31. The molecule has 7 heteroatoms. The predicted molar refractivity (Wildman–Crippen MR) is 145 cm³/mol. The molecule has 3 aromatic rings. The minimum absolute atomic E-state index is 0.0644. The van der Waals surface area contributed by atoms with Crippen molar-refractivity contribution in [2.75, 3.05) is 27.4 Å². The average Bonchev–Trinajstić information content (AvgIpc) is 3.20. The van der Waals surface area contributed by atoms with E-state index in [4.69, 9.17) is 14.2 Å². The van der Waals surface area contributed by atoms with Gasteiger partial charge in [0.05, 0.1) is 32.4 Å². The van der Waals surface area contributed by atoms with E-state index in [1.54, 1.807) is 38.5 Å². The first-order chi connectivity index (χ1) is 18.3. The fraction of sp³-hybridized carbons (Fsp3) is 0.290. The number of ether oxygens (including phenoxy) is 3. The molecule has 0 radical (unpaired) electrons. The Bertz CT molecular complexity index is 1330. The zero-order chi connectivity index (χ0) is 27.2. The summed E-state index contributed by atoms with van der Waals surface area (Å²) in [5, 5.41) is 11.4. The number of nitrogens with zero attached hydrogens (tertiary/aromatic N) is 1. The number of ketones is 1. The summed E-state index contributed by atoms with van der Waals surface area (Å²) in [7, 11) is 3.14. The number of methoxy groups -OCH3 is 2. The van der Waals surface area contributed by atoms with Gasteiger partial charge < -0.3 is 24.2 Å². The molecule has 3 aromatic carbocycles. The van der Waals surface area contributed by atoms with Crippen molar-refractivity contribution in [1.29, 1.82) is 0 Å². The van der Waals surface area contributed by atoms with Gasteiger partial charge in [-0.05, 0) is 47.7 Å². The van der Waals surface area contributed by atoms with Crippen molar-refractivity contribution in [3.8, 4) is 17.2 Å². The van der Waals surface area contributed by atoms with Crippen LogP contribution in [0.1, 0.15) is 36.6 Å². The van der Waals surface area contributed by atoms with Crippen LogP contribution in [0.4, 0.5) is 0 Å². The van der Waals surface area contributed by atoms with Crippen molar-refractivity contribution in [3.63, 3.8) is 0 Å². The maximum atomic E-state index is 13.3. The topological polar surface area (TPSA) is 85.3 Å². The summed E-state index contributed by atoms with van der Waals surface area (Å²) in [6.45, 7) is 4.89.